The second-order valence-corrected chi connectivity index (χ2v) is 8.55. The molecule has 0 bridgehead atoms. The average Bonchev–Trinajstić information content (AvgIpc) is 3.53. The number of nitrogens with zero attached hydrogens (tertiary/aromatic N) is 6. The summed E-state index contributed by atoms with van der Waals surface area (Å²) >= 11 is 0. The van der Waals surface area contributed by atoms with Crippen molar-refractivity contribution in [2.75, 3.05) is 5.32 Å². The third kappa shape index (κ3) is 3.59. The van der Waals surface area contributed by atoms with Gasteiger partial charge in [0, 0.05) is 24.5 Å². The van der Waals surface area contributed by atoms with Gasteiger partial charge < -0.3 is 10.3 Å². The van der Waals surface area contributed by atoms with Crippen LogP contribution in [0.4, 0.5) is 10.2 Å². The lowest BCUT2D eigenvalue weighted by atomic mass is 9.99. The van der Waals surface area contributed by atoms with Crippen molar-refractivity contribution in [2.45, 2.75) is 13.0 Å². The molecule has 0 aliphatic heterocycles. The minimum absolute atomic E-state index is 0.256. The number of aryl methyl sites for hydroxylation is 1. The minimum Gasteiger partial charge on any atom is -0.360 e. The normalized spacial score (nSPS) is 12.3. The average molecular weight is 481 g/mol. The quantitative estimate of drug-likeness (QED) is 0.380. The lowest BCUT2D eigenvalue weighted by molar-refractivity contribution is 0.625. The number of fused-ring (bicyclic) bond motifs is 2. The summed E-state index contributed by atoms with van der Waals surface area (Å²) in [6, 6.07) is 13.3. The molecule has 1 atom stereocenters. The van der Waals surface area contributed by atoms with E-state index in [0.717, 1.165) is 16.5 Å². The first kappa shape index (κ1) is 21.7. The molecule has 6 rings (SSSR count). The SMILES string of the molecule is C[C@H](Nc1ncnc2[nH]cnc12)c1cc2cccc(-c3cnn(C)c3)c2c(=O)n1-c1cccc(F)c1. The number of aromatic amines is 1. The predicted octanol–water partition coefficient (Wildman–Crippen LogP) is 4.37. The van der Waals surface area contributed by atoms with E-state index in [1.807, 2.05) is 44.4 Å². The number of rotatable bonds is 5. The van der Waals surface area contributed by atoms with Crippen molar-refractivity contribution in [3.8, 4) is 16.8 Å². The minimum atomic E-state index is -0.430. The van der Waals surface area contributed by atoms with Gasteiger partial charge in [-0.05, 0) is 42.1 Å². The van der Waals surface area contributed by atoms with Crippen LogP contribution in [0.3, 0.4) is 0 Å². The van der Waals surface area contributed by atoms with Crippen molar-refractivity contribution in [3.05, 3.63) is 95.4 Å². The topological polar surface area (TPSA) is 106 Å². The zero-order valence-corrected chi connectivity index (χ0v) is 19.5. The fraction of sp³-hybridized carbons (Fsp3) is 0.115. The molecule has 2 N–H and O–H groups in total. The van der Waals surface area contributed by atoms with Gasteiger partial charge in [0.05, 0.1) is 29.6 Å². The van der Waals surface area contributed by atoms with Crippen molar-refractivity contribution in [2.24, 2.45) is 7.05 Å². The zero-order valence-electron chi connectivity index (χ0n) is 19.5. The van der Waals surface area contributed by atoms with Gasteiger partial charge in [-0.1, -0.05) is 24.3 Å². The summed E-state index contributed by atoms with van der Waals surface area (Å²) in [5.41, 5.74) is 3.59. The molecule has 4 heterocycles. The number of hydrogen-bond acceptors (Lipinski definition) is 6. The molecule has 6 aromatic rings. The lowest BCUT2D eigenvalue weighted by Crippen LogP contribution is -2.26. The summed E-state index contributed by atoms with van der Waals surface area (Å²) in [6.45, 7) is 1.92. The van der Waals surface area contributed by atoms with E-state index < -0.39 is 5.82 Å². The van der Waals surface area contributed by atoms with Gasteiger partial charge in [-0.3, -0.25) is 14.0 Å². The smallest absolute Gasteiger partial charge is 0.263 e. The number of pyridine rings is 1. The molecule has 10 heteroatoms. The maximum Gasteiger partial charge on any atom is 0.263 e. The van der Waals surface area contributed by atoms with E-state index in [-0.39, 0.29) is 11.6 Å². The number of nitrogens with one attached hydrogen (secondary N) is 2. The van der Waals surface area contributed by atoms with Gasteiger partial charge >= 0.3 is 0 Å². The predicted molar refractivity (Wildman–Crippen MR) is 135 cm³/mol. The molecule has 0 amide bonds. The van der Waals surface area contributed by atoms with Crippen molar-refractivity contribution in [1.29, 1.82) is 0 Å². The Bertz CT molecular complexity index is 1800. The Kier molecular flexibility index (Phi) is 5.06. The van der Waals surface area contributed by atoms with Crippen LogP contribution in [-0.2, 0) is 7.05 Å². The van der Waals surface area contributed by atoms with E-state index in [9.17, 15) is 9.18 Å². The van der Waals surface area contributed by atoms with E-state index in [4.69, 9.17) is 0 Å². The molecule has 0 fully saturated rings. The van der Waals surface area contributed by atoms with E-state index >= 15 is 0 Å². The summed E-state index contributed by atoms with van der Waals surface area (Å²) in [4.78, 5) is 29.9. The Hall–Kier alpha value is -4.86. The van der Waals surface area contributed by atoms with Gasteiger partial charge in [-0.15, -0.1) is 0 Å². The van der Waals surface area contributed by atoms with Gasteiger partial charge in [0.1, 0.15) is 17.7 Å². The van der Waals surface area contributed by atoms with Crippen LogP contribution in [0.1, 0.15) is 18.7 Å². The van der Waals surface area contributed by atoms with Crippen molar-refractivity contribution < 1.29 is 4.39 Å². The fourth-order valence-corrected chi connectivity index (χ4v) is 4.53. The van der Waals surface area contributed by atoms with Crippen LogP contribution in [0.25, 0.3) is 38.8 Å². The number of anilines is 1. The van der Waals surface area contributed by atoms with E-state index in [2.05, 4.69) is 30.4 Å². The van der Waals surface area contributed by atoms with Gasteiger partial charge in [-0.2, -0.15) is 5.10 Å². The Morgan fingerprint density at radius 2 is 1.94 bits per heavy atom. The fourth-order valence-electron chi connectivity index (χ4n) is 4.53. The third-order valence-corrected chi connectivity index (χ3v) is 6.17. The molecule has 2 aromatic carbocycles. The first-order chi connectivity index (χ1) is 17.5. The zero-order chi connectivity index (χ0) is 24.8. The number of halogens is 1. The molecule has 0 saturated carbocycles. The highest BCUT2D eigenvalue weighted by molar-refractivity contribution is 5.96. The Morgan fingerprint density at radius 1 is 1.08 bits per heavy atom. The van der Waals surface area contributed by atoms with E-state index in [1.54, 1.807) is 33.9 Å². The number of benzene rings is 2. The molecule has 9 nitrogen and oxygen atoms in total. The first-order valence-corrected chi connectivity index (χ1v) is 11.3. The summed E-state index contributed by atoms with van der Waals surface area (Å²) in [6.07, 6.45) is 6.58. The van der Waals surface area contributed by atoms with Crippen molar-refractivity contribution >= 4 is 27.8 Å². The molecule has 0 saturated heterocycles. The van der Waals surface area contributed by atoms with Crippen molar-refractivity contribution in [3.63, 3.8) is 0 Å². The monoisotopic (exact) mass is 480 g/mol. The van der Waals surface area contributed by atoms with Gasteiger partial charge in [0.2, 0.25) is 0 Å². The van der Waals surface area contributed by atoms with E-state index in [1.165, 1.54) is 18.5 Å². The summed E-state index contributed by atoms with van der Waals surface area (Å²) < 4.78 is 17.5. The molecule has 0 aliphatic rings. The van der Waals surface area contributed by atoms with Crippen LogP contribution in [0.15, 0.2) is 78.4 Å². The molecule has 0 unspecified atom stereocenters. The summed E-state index contributed by atoms with van der Waals surface area (Å²) in [5, 5.41) is 8.91. The lowest BCUT2D eigenvalue weighted by Gasteiger charge is -2.22. The Labute approximate surface area is 204 Å². The molecule has 178 valence electrons. The van der Waals surface area contributed by atoms with Crippen molar-refractivity contribution in [1.82, 2.24) is 34.3 Å². The van der Waals surface area contributed by atoms with Crippen LogP contribution in [0.2, 0.25) is 0 Å². The van der Waals surface area contributed by atoms with Crippen LogP contribution >= 0.6 is 0 Å². The molecular formula is C26H21FN8O. The Balaban J connectivity index is 1.59. The number of H-pyrrole nitrogens is 1. The van der Waals surface area contributed by atoms with Gasteiger partial charge in [-0.25, -0.2) is 19.3 Å². The summed E-state index contributed by atoms with van der Waals surface area (Å²) in [5.74, 6) is 0.0943. The second-order valence-electron chi connectivity index (χ2n) is 8.55. The molecule has 0 spiro atoms. The molecular weight excluding hydrogens is 459 g/mol. The third-order valence-electron chi connectivity index (χ3n) is 6.17. The molecule has 4 aromatic heterocycles. The number of imidazole rings is 1. The Morgan fingerprint density at radius 3 is 2.75 bits per heavy atom. The standard InChI is InChI=1S/C26H21FN8O/c1-15(33-25-23-24(29-13-28-23)30-14-31-25)21-9-16-5-3-8-20(17-11-32-34(2)12-17)22(16)26(36)35(21)19-7-4-6-18(27)10-19/h3-15H,1-2H3,(H2,28,29,30,31,33)/t15-/m0/s1. The molecule has 0 aliphatic carbocycles. The van der Waals surface area contributed by atoms with E-state index in [0.29, 0.717) is 33.7 Å². The van der Waals surface area contributed by atoms with Crippen LogP contribution in [0, 0.1) is 5.82 Å². The maximum atomic E-state index is 14.3. The first-order valence-electron chi connectivity index (χ1n) is 11.3. The highest BCUT2D eigenvalue weighted by Gasteiger charge is 2.20. The van der Waals surface area contributed by atoms with Crippen LogP contribution < -0.4 is 10.9 Å². The van der Waals surface area contributed by atoms with Gasteiger partial charge in [0.15, 0.2) is 11.5 Å². The number of aromatic nitrogens is 7. The largest absolute Gasteiger partial charge is 0.360 e. The second kappa shape index (κ2) is 8.42. The highest BCUT2D eigenvalue weighted by Crippen LogP contribution is 2.30. The summed E-state index contributed by atoms with van der Waals surface area (Å²) in [7, 11) is 1.83. The maximum absolute atomic E-state index is 14.3. The van der Waals surface area contributed by atoms with Crippen LogP contribution in [-0.4, -0.2) is 34.3 Å². The highest BCUT2D eigenvalue weighted by atomic mass is 19.1. The number of hydrogen-bond donors (Lipinski definition) is 2. The molecule has 36 heavy (non-hydrogen) atoms. The van der Waals surface area contributed by atoms with Crippen LogP contribution in [0.5, 0.6) is 0 Å². The molecule has 0 radical (unpaired) electrons. The van der Waals surface area contributed by atoms with Gasteiger partial charge in [0.25, 0.3) is 5.56 Å².